The molecule has 0 fully saturated rings. The molecule has 1 aromatic rings. The number of nitrogens with zero attached hydrogens (tertiary/aromatic N) is 2. The van der Waals surface area contributed by atoms with Gasteiger partial charge in [0, 0.05) is 19.0 Å². The van der Waals surface area contributed by atoms with E-state index >= 15 is 0 Å². The fourth-order valence-electron chi connectivity index (χ4n) is 1.32. The molecule has 0 aromatic carbocycles. The van der Waals surface area contributed by atoms with E-state index in [0.29, 0.717) is 16.6 Å². The SMILES string of the molecule is COC(=O)c1nc(NCC(C)(C)N(C)C)sc1C(C)=O. The second kappa shape index (κ2) is 6.32. The van der Waals surface area contributed by atoms with E-state index < -0.39 is 5.97 Å². The van der Waals surface area contributed by atoms with Gasteiger partial charge in [-0.1, -0.05) is 11.3 Å². The van der Waals surface area contributed by atoms with Crippen LogP contribution in [0, 0.1) is 0 Å². The third-order valence-corrected chi connectivity index (χ3v) is 4.32. The number of carbonyl (C=O) groups excluding carboxylic acids is 2. The van der Waals surface area contributed by atoms with Crippen LogP contribution in [0.15, 0.2) is 0 Å². The highest BCUT2D eigenvalue weighted by molar-refractivity contribution is 7.17. The normalized spacial score (nSPS) is 11.6. The van der Waals surface area contributed by atoms with E-state index in [0.717, 1.165) is 0 Å². The maximum Gasteiger partial charge on any atom is 0.358 e. The summed E-state index contributed by atoms with van der Waals surface area (Å²) in [6, 6.07) is 0. The number of ether oxygens (including phenoxy) is 1. The first-order valence-corrected chi connectivity index (χ1v) is 7.02. The summed E-state index contributed by atoms with van der Waals surface area (Å²) in [4.78, 5) is 29.7. The Bertz CT molecular complexity index is 509. The van der Waals surface area contributed by atoms with Gasteiger partial charge in [0.1, 0.15) is 4.88 Å². The molecule has 0 aliphatic rings. The van der Waals surface area contributed by atoms with Crippen LogP contribution in [0.1, 0.15) is 40.9 Å². The summed E-state index contributed by atoms with van der Waals surface area (Å²) in [7, 11) is 5.25. The number of thiazole rings is 1. The summed E-state index contributed by atoms with van der Waals surface area (Å²) in [5.41, 5.74) is 0.00294. The molecule has 0 atom stereocenters. The molecule has 0 amide bonds. The second-order valence-corrected chi connectivity index (χ2v) is 6.30. The first-order valence-electron chi connectivity index (χ1n) is 6.20. The van der Waals surface area contributed by atoms with Gasteiger partial charge < -0.3 is 15.0 Å². The molecule has 1 rings (SSSR count). The molecule has 0 radical (unpaired) electrons. The number of aromatic nitrogens is 1. The van der Waals surface area contributed by atoms with Gasteiger partial charge in [-0.15, -0.1) is 0 Å². The molecule has 0 unspecified atom stereocenters. The first-order chi connectivity index (χ1) is 9.19. The van der Waals surface area contributed by atoms with Gasteiger partial charge in [-0.3, -0.25) is 4.79 Å². The van der Waals surface area contributed by atoms with Crippen molar-refractivity contribution in [3.63, 3.8) is 0 Å². The monoisotopic (exact) mass is 299 g/mol. The maximum absolute atomic E-state index is 11.6. The average molecular weight is 299 g/mol. The lowest BCUT2D eigenvalue weighted by molar-refractivity contribution is 0.0591. The minimum atomic E-state index is -0.591. The van der Waals surface area contributed by atoms with Crippen LogP contribution < -0.4 is 5.32 Å². The van der Waals surface area contributed by atoms with Crippen LogP contribution in [-0.2, 0) is 4.74 Å². The Labute approximate surface area is 123 Å². The van der Waals surface area contributed by atoms with Gasteiger partial charge in [-0.05, 0) is 27.9 Å². The number of Topliss-reactive ketones (excluding diaryl/α,β-unsaturated/α-hetero) is 1. The van der Waals surface area contributed by atoms with Crippen molar-refractivity contribution in [1.82, 2.24) is 9.88 Å². The van der Waals surface area contributed by atoms with Crippen molar-refractivity contribution < 1.29 is 14.3 Å². The van der Waals surface area contributed by atoms with Gasteiger partial charge >= 0.3 is 5.97 Å². The number of anilines is 1. The minimum absolute atomic E-state index is 0.0759. The molecular formula is C13H21N3O3S. The Morgan fingerprint density at radius 3 is 2.45 bits per heavy atom. The first kappa shape index (κ1) is 16.6. The Balaban J connectivity index is 2.93. The van der Waals surface area contributed by atoms with Crippen LogP contribution in [0.2, 0.25) is 0 Å². The highest BCUT2D eigenvalue weighted by atomic mass is 32.1. The summed E-state index contributed by atoms with van der Waals surface area (Å²) < 4.78 is 4.64. The topological polar surface area (TPSA) is 71.5 Å². The molecule has 0 aliphatic heterocycles. The van der Waals surface area contributed by atoms with Crippen molar-refractivity contribution in [2.75, 3.05) is 33.1 Å². The number of hydrogen-bond donors (Lipinski definition) is 1. The van der Waals surface area contributed by atoms with E-state index in [9.17, 15) is 9.59 Å². The number of esters is 1. The fourth-order valence-corrected chi connectivity index (χ4v) is 2.16. The Hall–Kier alpha value is -1.47. The minimum Gasteiger partial charge on any atom is -0.464 e. The molecule has 1 N–H and O–H groups in total. The van der Waals surface area contributed by atoms with E-state index in [1.807, 2.05) is 14.1 Å². The van der Waals surface area contributed by atoms with Crippen molar-refractivity contribution in [3.8, 4) is 0 Å². The lowest BCUT2D eigenvalue weighted by atomic mass is 10.1. The zero-order chi connectivity index (χ0) is 15.5. The van der Waals surface area contributed by atoms with E-state index in [1.54, 1.807) is 0 Å². The van der Waals surface area contributed by atoms with Gasteiger partial charge in [0.2, 0.25) is 0 Å². The van der Waals surface area contributed by atoms with E-state index in [2.05, 4.69) is 33.8 Å². The van der Waals surface area contributed by atoms with Crippen LogP contribution >= 0.6 is 11.3 Å². The Kier molecular flexibility index (Phi) is 5.24. The quantitative estimate of drug-likeness (QED) is 0.639. The smallest absolute Gasteiger partial charge is 0.358 e. The molecule has 112 valence electrons. The van der Waals surface area contributed by atoms with Gasteiger partial charge in [0.05, 0.1) is 7.11 Å². The van der Waals surface area contributed by atoms with Gasteiger partial charge in [0.15, 0.2) is 16.6 Å². The second-order valence-electron chi connectivity index (χ2n) is 5.30. The molecule has 1 aromatic heterocycles. The molecule has 7 heteroatoms. The van der Waals surface area contributed by atoms with Gasteiger partial charge in [-0.25, -0.2) is 9.78 Å². The largest absolute Gasteiger partial charge is 0.464 e. The number of nitrogens with one attached hydrogen (secondary N) is 1. The zero-order valence-electron chi connectivity index (χ0n) is 12.7. The number of methoxy groups -OCH3 is 1. The van der Waals surface area contributed by atoms with Crippen molar-refractivity contribution in [3.05, 3.63) is 10.6 Å². The van der Waals surface area contributed by atoms with E-state index in [-0.39, 0.29) is 17.0 Å². The lowest BCUT2D eigenvalue weighted by Gasteiger charge is -2.32. The van der Waals surface area contributed by atoms with E-state index in [1.165, 1.54) is 25.4 Å². The lowest BCUT2D eigenvalue weighted by Crippen LogP contribution is -2.44. The standard InChI is InChI=1S/C13H21N3O3S/c1-8(17)10-9(11(18)19-6)15-12(20-10)14-7-13(2,3)16(4)5/h7H2,1-6H3,(H,14,15). The summed E-state index contributed by atoms with van der Waals surface area (Å²) in [5, 5.41) is 3.71. The van der Waals surface area contributed by atoms with Gasteiger partial charge in [-0.2, -0.15) is 0 Å². The fraction of sp³-hybridized carbons (Fsp3) is 0.615. The number of rotatable bonds is 6. The molecular weight excluding hydrogens is 278 g/mol. The summed E-state index contributed by atoms with van der Waals surface area (Å²) in [6.45, 7) is 6.22. The summed E-state index contributed by atoms with van der Waals surface area (Å²) in [5.74, 6) is -0.783. The number of hydrogen-bond acceptors (Lipinski definition) is 7. The summed E-state index contributed by atoms with van der Waals surface area (Å²) >= 11 is 1.17. The van der Waals surface area contributed by atoms with Crippen LogP contribution in [0.4, 0.5) is 5.13 Å². The average Bonchev–Trinajstić information content (AvgIpc) is 2.79. The van der Waals surface area contributed by atoms with Gasteiger partial charge in [0.25, 0.3) is 0 Å². The van der Waals surface area contributed by atoms with Crippen molar-refractivity contribution >= 4 is 28.2 Å². The summed E-state index contributed by atoms with van der Waals surface area (Å²) in [6.07, 6.45) is 0. The van der Waals surface area contributed by atoms with Crippen molar-refractivity contribution in [2.45, 2.75) is 26.3 Å². The van der Waals surface area contributed by atoms with Crippen LogP contribution in [0.5, 0.6) is 0 Å². The molecule has 0 saturated carbocycles. The highest BCUT2D eigenvalue weighted by Crippen LogP contribution is 2.25. The van der Waals surface area contributed by atoms with Crippen molar-refractivity contribution in [2.24, 2.45) is 0 Å². The van der Waals surface area contributed by atoms with Crippen LogP contribution in [0.3, 0.4) is 0 Å². The van der Waals surface area contributed by atoms with Crippen LogP contribution in [0.25, 0.3) is 0 Å². The number of ketones is 1. The molecule has 6 nitrogen and oxygen atoms in total. The molecule has 1 heterocycles. The third-order valence-electron chi connectivity index (χ3n) is 3.21. The zero-order valence-corrected chi connectivity index (χ0v) is 13.6. The molecule has 20 heavy (non-hydrogen) atoms. The van der Waals surface area contributed by atoms with Crippen LogP contribution in [-0.4, -0.2) is 54.9 Å². The predicted molar refractivity (Wildman–Crippen MR) is 79.7 cm³/mol. The van der Waals surface area contributed by atoms with Crippen molar-refractivity contribution in [1.29, 1.82) is 0 Å². The molecule has 0 spiro atoms. The molecule has 0 bridgehead atoms. The van der Waals surface area contributed by atoms with E-state index in [4.69, 9.17) is 0 Å². The maximum atomic E-state index is 11.6. The Morgan fingerprint density at radius 2 is 2.00 bits per heavy atom. The molecule has 0 saturated heterocycles. The number of likely N-dealkylation sites (N-methyl/N-ethyl adjacent to an activating group) is 1. The Morgan fingerprint density at radius 1 is 1.40 bits per heavy atom. The number of carbonyl (C=O) groups is 2. The predicted octanol–water partition coefficient (Wildman–Crippen LogP) is 1.88. The highest BCUT2D eigenvalue weighted by Gasteiger charge is 2.24. The molecule has 0 aliphatic carbocycles. The third kappa shape index (κ3) is 3.77.